The van der Waals surface area contributed by atoms with Crippen LogP contribution in [0.5, 0.6) is 0 Å². The topological polar surface area (TPSA) is 78.4 Å². The van der Waals surface area contributed by atoms with E-state index in [-0.39, 0.29) is 11.8 Å². The minimum atomic E-state index is 0.0581. The van der Waals surface area contributed by atoms with Crippen molar-refractivity contribution in [3.63, 3.8) is 0 Å². The van der Waals surface area contributed by atoms with E-state index in [1.807, 2.05) is 32.6 Å². The van der Waals surface area contributed by atoms with Gasteiger partial charge in [0, 0.05) is 50.2 Å². The van der Waals surface area contributed by atoms with Gasteiger partial charge in [0.15, 0.2) is 0 Å². The molecule has 1 N–H and O–H groups in total. The van der Waals surface area contributed by atoms with E-state index in [9.17, 15) is 9.59 Å². The Kier molecular flexibility index (Phi) is 6.61. The number of carbonyl (C=O) groups excluding carboxylic acids is 2. The smallest absolute Gasteiger partial charge is 0.264 e. The molecule has 2 aromatic heterocycles. The second-order valence-electron chi connectivity index (χ2n) is 7.23. The molecule has 8 heteroatoms. The summed E-state index contributed by atoms with van der Waals surface area (Å²) in [5.41, 5.74) is 1.92. The average molecular weight is 404 g/mol. The maximum Gasteiger partial charge on any atom is 0.264 e. The van der Waals surface area contributed by atoms with Gasteiger partial charge in [0.05, 0.1) is 11.4 Å². The first-order valence-electron chi connectivity index (χ1n) is 9.99. The van der Waals surface area contributed by atoms with Crippen molar-refractivity contribution in [2.75, 3.05) is 39.3 Å². The molecule has 1 fully saturated rings. The van der Waals surface area contributed by atoms with Crippen LogP contribution in [0.4, 0.5) is 0 Å². The van der Waals surface area contributed by atoms with Crippen molar-refractivity contribution in [2.45, 2.75) is 40.5 Å². The summed E-state index contributed by atoms with van der Waals surface area (Å²) in [5, 5.41) is 3.91. The minimum Gasteiger partial charge on any atom is -0.355 e. The van der Waals surface area contributed by atoms with Crippen molar-refractivity contribution in [2.24, 2.45) is 0 Å². The summed E-state index contributed by atoms with van der Waals surface area (Å²) in [4.78, 5) is 39.8. The fourth-order valence-electron chi connectivity index (χ4n) is 3.53. The third kappa shape index (κ3) is 4.33. The predicted molar refractivity (Wildman–Crippen MR) is 112 cm³/mol. The van der Waals surface area contributed by atoms with E-state index < -0.39 is 0 Å². The summed E-state index contributed by atoms with van der Waals surface area (Å²) in [7, 11) is 0. The summed E-state index contributed by atoms with van der Waals surface area (Å²) >= 11 is 1.47. The Morgan fingerprint density at radius 2 is 1.82 bits per heavy atom. The van der Waals surface area contributed by atoms with Crippen LogP contribution in [-0.2, 0) is 11.2 Å². The van der Waals surface area contributed by atoms with Crippen molar-refractivity contribution in [3.05, 3.63) is 22.0 Å². The monoisotopic (exact) mass is 403 g/mol. The standard InChI is InChI=1S/C20H29N5O2S/c1-5-7-21-16(26)12-24-8-10-25(11-9-24)20(27)18-13(3)17-14(4)22-15(6-2)23-19(17)28-18/h5-12H2,1-4H3,(H,21,26). The van der Waals surface area contributed by atoms with E-state index in [0.29, 0.717) is 39.3 Å². The number of rotatable bonds is 6. The van der Waals surface area contributed by atoms with Gasteiger partial charge >= 0.3 is 0 Å². The number of piperazine rings is 1. The zero-order chi connectivity index (χ0) is 20.3. The lowest BCUT2D eigenvalue weighted by molar-refractivity contribution is -0.122. The Morgan fingerprint density at radius 3 is 2.46 bits per heavy atom. The van der Waals surface area contributed by atoms with Crippen LogP contribution < -0.4 is 5.32 Å². The fraction of sp³-hybridized carbons (Fsp3) is 0.600. The highest BCUT2D eigenvalue weighted by atomic mass is 32.1. The predicted octanol–water partition coefficient (Wildman–Crippen LogP) is 2.15. The van der Waals surface area contributed by atoms with Crippen molar-refractivity contribution in [1.82, 2.24) is 25.1 Å². The fourth-order valence-corrected chi connectivity index (χ4v) is 4.75. The van der Waals surface area contributed by atoms with Gasteiger partial charge in [0.1, 0.15) is 10.7 Å². The van der Waals surface area contributed by atoms with Gasteiger partial charge in [-0.1, -0.05) is 13.8 Å². The van der Waals surface area contributed by atoms with Gasteiger partial charge in [-0.2, -0.15) is 0 Å². The number of nitrogens with one attached hydrogen (secondary N) is 1. The molecule has 3 heterocycles. The highest BCUT2D eigenvalue weighted by molar-refractivity contribution is 7.20. The van der Waals surface area contributed by atoms with E-state index >= 15 is 0 Å². The maximum absolute atomic E-state index is 13.1. The molecule has 3 rings (SSSR count). The molecule has 1 aliphatic heterocycles. The molecule has 0 radical (unpaired) electrons. The van der Waals surface area contributed by atoms with Crippen molar-refractivity contribution in [1.29, 1.82) is 0 Å². The van der Waals surface area contributed by atoms with Crippen molar-refractivity contribution in [3.8, 4) is 0 Å². The minimum absolute atomic E-state index is 0.0581. The van der Waals surface area contributed by atoms with Crippen molar-refractivity contribution >= 4 is 33.4 Å². The van der Waals surface area contributed by atoms with Crippen LogP contribution in [0.2, 0.25) is 0 Å². The molecular weight excluding hydrogens is 374 g/mol. The number of aryl methyl sites for hydroxylation is 3. The molecule has 1 aliphatic rings. The number of carbonyl (C=O) groups is 2. The average Bonchev–Trinajstić information content (AvgIpc) is 3.03. The summed E-state index contributed by atoms with van der Waals surface area (Å²) in [5.74, 6) is 0.941. The maximum atomic E-state index is 13.1. The highest BCUT2D eigenvalue weighted by Gasteiger charge is 2.27. The van der Waals surface area contributed by atoms with E-state index in [1.54, 1.807) is 0 Å². The normalized spacial score (nSPS) is 15.2. The Morgan fingerprint density at radius 1 is 1.11 bits per heavy atom. The van der Waals surface area contributed by atoms with Gasteiger partial charge in [0.2, 0.25) is 5.91 Å². The number of amides is 2. The molecule has 0 saturated carbocycles. The van der Waals surface area contributed by atoms with Crippen LogP contribution >= 0.6 is 11.3 Å². The van der Waals surface area contributed by atoms with Crippen LogP contribution in [-0.4, -0.2) is 70.9 Å². The third-order valence-corrected chi connectivity index (χ3v) is 6.30. The first-order valence-corrected chi connectivity index (χ1v) is 10.8. The molecule has 152 valence electrons. The number of thiophene rings is 1. The third-order valence-electron chi connectivity index (χ3n) is 5.13. The molecule has 0 atom stereocenters. The van der Waals surface area contributed by atoms with Crippen LogP contribution in [0.25, 0.3) is 10.2 Å². The first-order chi connectivity index (χ1) is 13.4. The SMILES string of the molecule is CCCNC(=O)CN1CCN(C(=O)c2sc3nc(CC)nc(C)c3c2C)CC1. The van der Waals surface area contributed by atoms with Crippen LogP contribution in [0.15, 0.2) is 0 Å². The summed E-state index contributed by atoms with van der Waals surface area (Å²) in [6, 6.07) is 0. The lowest BCUT2D eigenvalue weighted by atomic mass is 10.1. The molecule has 7 nitrogen and oxygen atoms in total. The first kappa shape index (κ1) is 20.7. The lowest BCUT2D eigenvalue weighted by Gasteiger charge is -2.34. The van der Waals surface area contributed by atoms with Gasteiger partial charge in [0.25, 0.3) is 5.91 Å². The molecule has 2 amide bonds. The molecule has 0 bridgehead atoms. The second kappa shape index (κ2) is 8.96. The zero-order valence-corrected chi connectivity index (χ0v) is 18.0. The quantitative estimate of drug-likeness (QED) is 0.800. The van der Waals surface area contributed by atoms with Crippen LogP contribution in [0, 0.1) is 13.8 Å². The molecule has 2 aromatic rings. The molecule has 0 aliphatic carbocycles. The number of fused-ring (bicyclic) bond motifs is 1. The van der Waals surface area contributed by atoms with Gasteiger partial charge in [-0.05, 0) is 25.8 Å². The molecular formula is C20H29N5O2S. The summed E-state index contributed by atoms with van der Waals surface area (Å²) < 4.78 is 0. The second-order valence-corrected chi connectivity index (χ2v) is 8.23. The van der Waals surface area contributed by atoms with Crippen LogP contribution in [0.1, 0.15) is 47.0 Å². The van der Waals surface area contributed by atoms with E-state index in [2.05, 4.69) is 20.2 Å². The van der Waals surface area contributed by atoms with Gasteiger partial charge in [-0.15, -0.1) is 11.3 Å². The molecule has 0 aromatic carbocycles. The summed E-state index contributed by atoms with van der Waals surface area (Å²) in [6.07, 6.45) is 1.72. The number of hydrogen-bond donors (Lipinski definition) is 1. The van der Waals surface area contributed by atoms with Crippen LogP contribution in [0.3, 0.4) is 0 Å². The Balaban J connectivity index is 1.68. The molecule has 0 spiro atoms. The molecule has 0 unspecified atom stereocenters. The Bertz CT molecular complexity index is 871. The molecule has 28 heavy (non-hydrogen) atoms. The van der Waals surface area contributed by atoms with Gasteiger partial charge in [-0.25, -0.2) is 9.97 Å². The molecule has 1 saturated heterocycles. The summed E-state index contributed by atoms with van der Waals surface area (Å²) in [6.45, 7) is 11.9. The van der Waals surface area contributed by atoms with E-state index in [1.165, 1.54) is 11.3 Å². The van der Waals surface area contributed by atoms with E-state index in [4.69, 9.17) is 0 Å². The Labute approximate surface area is 170 Å². The number of hydrogen-bond acceptors (Lipinski definition) is 6. The lowest BCUT2D eigenvalue weighted by Crippen LogP contribution is -2.51. The van der Waals surface area contributed by atoms with Gasteiger partial charge in [-0.3, -0.25) is 14.5 Å². The largest absolute Gasteiger partial charge is 0.355 e. The van der Waals surface area contributed by atoms with Gasteiger partial charge < -0.3 is 10.2 Å². The highest BCUT2D eigenvalue weighted by Crippen LogP contribution is 2.32. The zero-order valence-electron chi connectivity index (χ0n) is 17.2. The van der Waals surface area contributed by atoms with E-state index in [0.717, 1.165) is 45.0 Å². The number of nitrogens with zero attached hydrogens (tertiary/aromatic N) is 4. The van der Waals surface area contributed by atoms with Crippen molar-refractivity contribution < 1.29 is 9.59 Å². The Hall–Kier alpha value is -2.06. The number of aromatic nitrogens is 2.